The molecule has 1 N–H and O–H groups in total. The number of hydrogen-bond donors (Lipinski definition) is 1. The van der Waals surface area contributed by atoms with E-state index in [1.54, 1.807) is 0 Å². The number of nitrogens with zero attached hydrogens (tertiary/aromatic N) is 4. The van der Waals surface area contributed by atoms with Crippen molar-refractivity contribution in [2.75, 3.05) is 6.61 Å². The molecule has 1 aliphatic heterocycles. The molecule has 0 spiro atoms. The van der Waals surface area contributed by atoms with Crippen LogP contribution in [0.1, 0.15) is 36.4 Å². The summed E-state index contributed by atoms with van der Waals surface area (Å²) in [7, 11) is 0. The van der Waals surface area contributed by atoms with Crippen LogP contribution in [-0.4, -0.2) is 32.0 Å². The number of carbonyl (C=O) groups excluding carboxylic acids is 1. The number of fused-ring (bicyclic) bond motifs is 1. The van der Waals surface area contributed by atoms with Crippen LogP contribution in [0.3, 0.4) is 0 Å². The predicted molar refractivity (Wildman–Crippen MR) is 80.8 cm³/mol. The Labute approximate surface area is 135 Å². The van der Waals surface area contributed by atoms with Crippen molar-refractivity contribution in [3.05, 3.63) is 35.2 Å². The van der Waals surface area contributed by atoms with Crippen LogP contribution in [0.4, 0.5) is 0 Å². The summed E-state index contributed by atoms with van der Waals surface area (Å²) < 4.78 is 12.6. The van der Waals surface area contributed by atoms with Gasteiger partial charge in [0.05, 0.1) is 18.7 Å². The van der Waals surface area contributed by atoms with Gasteiger partial charge in [-0.05, 0) is 12.8 Å². The molecule has 1 atom stereocenters. The first-order valence-electron chi connectivity index (χ1n) is 7.40. The molecule has 1 amide bonds. The fraction of sp³-hybridized carbons (Fsp3) is 0.429. The highest BCUT2D eigenvalue weighted by Gasteiger charge is 2.23. The fourth-order valence-electron chi connectivity index (χ4n) is 2.51. The number of carbonyl (C=O) groups is 1. The van der Waals surface area contributed by atoms with E-state index in [9.17, 15) is 4.79 Å². The molecule has 120 valence electrons. The molecule has 0 aromatic carbocycles. The number of ether oxygens (including phenoxy) is 1. The van der Waals surface area contributed by atoms with Gasteiger partial charge in [-0.3, -0.25) is 9.20 Å². The standard InChI is InChI=1S/C14H15N5O3S/c20-12(6-9-8-19-3-5-23-14(19)16-9)15-7-11-17-13(22-18-11)10-2-1-4-21-10/h3,5,8,10H,1-2,4,6-7H2,(H,15,20)/t10-/m0/s1. The summed E-state index contributed by atoms with van der Waals surface area (Å²) in [5.74, 6) is 0.815. The summed E-state index contributed by atoms with van der Waals surface area (Å²) in [5, 5.41) is 8.60. The highest BCUT2D eigenvalue weighted by molar-refractivity contribution is 7.15. The molecule has 4 heterocycles. The van der Waals surface area contributed by atoms with Gasteiger partial charge in [-0.1, -0.05) is 5.16 Å². The number of imidazole rings is 1. The minimum Gasteiger partial charge on any atom is -0.368 e. The van der Waals surface area contributed by atoms with Crippen molar-refractivity contribution in [1.29, 1.82) is 0 Å². The maximum absolute atomic E-state index is 12.0. The SMILES string of the molecule is O=C(Cc1cn2ccsc2n1)NCc1noc([C@@H]2CCCO2)n1. The lowest BCUT2D eigenvalue weighted by molar-refractivity contribution is -0.120. The van der Waals surface area contributed by atoms with Crippen molar-refractivity contribution in [3.8, 4) is 0 Å². The van der Waals surface area contributed by atoms with Gasteiger partial charge in [-0.2, -0.15) is 4.98 Å². The second-order valence-corrected chi connectivity index (χ2v) is 6.20. The molecule has 0 bridgehead atoms. The maximum Gasteiger partial charge on any atom is 0.255 e. The highest BCUT2D eigenvalue weighted by atomic mass is 32.1. The molecule has 3 aromatic heterocycles. The van der Waals surface area contributed by atoms with Crippen LogP contribution in [0.2, 0.25) is 0 Å². The Morgan fingerprint density at radius 1 is 1.48 bits per heavy atom. The topological polar surface area (TPSA) is 94.6 Å². The number of hydrogen-bond acceptors (Lipinski definition) is 7. The summed E-state index contributed by atoms with van der Waals surface area (Å²) >= 11 is 1.54. The van der Waals surface area contributed by atoms with Crippen molar-refractivity contribution >= 4 is 22.2 Å². The lowest BCUT2D eigenvalue weighted by atomic mass is 10.2. The van der Waals surface area contributed by atoms with Crippen LogP contribution in [0.15, 0.2) is 22.3 Å². The molecule has 3 aromatic rings. The molecule has 23 heavy (non-hydrogen) atoms. The van der Waals surface area contributed by atoms with Crippen molar-refractivity contribution < 1.29 is 14.1 Å². The van der Waals surface area contributed by atoms with Crippen molar-refractivity contribution in [3.63, 3.8) is 0 Å². The van der Waals surface area contributed by atoms with Gasteiger partial charge in [0.25, 0.3) is 5.89 Å². The Balaban J connectivity index is 1.31. The van der Waals surface area contributed by atoms with Gasteiger partial charge < -0.3 is 14.6 Å². The minimum atomic E-state index is -0.126. The van der Waals surface area contributed by atoms with E-state index in [1.807, 2.05) is 22.2 Å². The average Bonchev–Trinajstić information content (AvgIpc) is 3.28. The van der Waals surface area contributed by atoms with Gasteiger partial charge in [0.2, 0.25) is 5.91 Å². The van der Waals surface area contributed by atoms with Crippen LogP contribution in [-0.2, 0) is 22.5 Å². The zero-order chi connectivity index (χ0) is 15.6. The lowest BCUT2D eigenvalue weighted by Crippen LogP contribution is -2.25. The van der Waals surface area contributed by atoms with E-state index in [-0.39, 0.29) is 25.0 Å². The van der Waals surface area contributed by atoms with Gasteiger partial charge in [0, 0.05) is 24.4 Å². The molecule has 0 unspecified atom stereocenters. The molecule has 1 saturated heterocycles. The van der Waals surface area contributed by atoms with Crippen LogP contribution < -0.4 is 5.32 Å². The Morgan fingerprint density at radius 2 is 2.43 bits per heavy atom. The number of rotatable bonds is 5. The molecule has 9 heteroatoms. The van der Waals surface area contributed by atoms with E-state index in [0.29, 0.717) is 11.7 Å². The van der Waals surface area contributed by atoms with Gasteiger partial charge >= 0.3 is 0 Å². The molecule has 0 radical (unpaired) electrons. The first kappa shape index (κ1) is 14.3. The van der Waals surface area contributed by atoms with Gasteiger partial charge in [-0.25, -0.2) is 4.98 Å². The summed E-state index contributed by atoms with van der Waals surface area (Å²) in [6, 6.07) is 0. The van der Waals surface area contributed by atoms with Crippen molar-refractivity contribution in [2.45, 2.75) is 31.9 Å². The second kappa shape index (κ2) is 6.09. The van der Waals surface area contributed by atoms with Gasteiger partial charge in [0.15, 0.2) is 10.8 Å². The van der Waals surface area contributed by atoms with Crippen LogP contribution in [0, 0.1) is 0 Å². The number of thiazole rings is 1. The Hall–Kier alpha value is -2.26. The Morgan fingerprint density at radius 3 is 3.26 bits per heavy atom. The minimum absolute atomic E-state index is 0.106. The van der Waals surface area contributed by atoms with E-state index in [4.69, 9.17) is 9.26 Å². The summed E-state index contributed by atoms with van der Waals surface area (Å²) in [5.41, 5.74) is 0.738. The molecule has 4 rings (SSSR count). The van der Waals surface area contributed by atoms with Gasteiger partial charge in [0.1, 0.15) is 6.10 Å². The van der Waals surface area contributed by atoms with Gasteiger partial charge in [-0.15, -0.1) is 11.3 Å². The van der Waals surface area contributed by atoms with E-state index in [2.05, 4.69) is 20.4 Å². The van der Waals surface area contributed by atoms with E-state index >= 15 is 0 Å². The summed E-state index contributed by atoms with van der Waals surface area (Å²) in [6.07, 6.45) is 5.79. The first-order valence-corrected chi connectivity index (χ1v) is 8.28. The largest absolute Gasteiger partial charge is 0.368 e. The molecule has 1 fully saturated rings. The van der Waals surface area contributed by atoms with Crippen LogP contribution >= 0.6 is 11.3 Å². The fourth-order valence-corrected chi connectivity index (χ4v) is 3.23. The zero-order valence-electron chi connectivity index (χ0n) is 12.3. The molecule has 8 nitrogen and oxygen atoms in total. The third-order valence-electron chi connectivity index (χ3n) is 3.62. The molecular formula is C14H15N5O3S. The Bertz CT molecular complexity index is 789. The smallest absolute Gasteiger partial charge is 0.255 e. The lowest BCUT2D eigenvalue weighted by Gasteiger charge is -2.01. The predicted octanol–water partition coefficient (Wildman–Crippen LogP) is 1.49. The van der Waals surface area contributed by atoms with Crippen molar-refractivity contribution in [2.24, 2.45) is 0 Å². The number of aromatic nitrogens is 4. The molecule has 0 aliphatic carbocycles. The number of amides is 1. The normalized spacial score (nSPS) is 17.8. The molecule has 1 aliphatic rings. The highest BCUT2D eigenvalue weighted by Crippen LogP contribution is 2.26. The third-order valence-corrected chi connectivity index (χ3v) is 4.39. The van der Waals surface area contributed by atoms with Crippen molar-refractivity contribution in [1.82, 2.24) is 24.8 Å². The monoisotopic (exact) mass is 333 g/mol. The average molecular weight is 333 g/mol. The van der Waals surface area contributed by atoms with Crippen LogP contribution in [0.5, 0.6) is 0 Å². The Kier molecular flexibility index (Phi) is 3.80. The van der Waals surface area contributed by atoms with E-state index in [1.165, 1.54) is 11.3 Å². The van der Waals surface area contributed by atoms with E-state index < -0.39 is 0 Å². The quantitative estimate of drug-likeness (QED) is 0.760. The third kappa shape index (κ3) is 3.10. The summed E-state index contributed by atoms with van der Waals surface area (Å²) in [4.78, 5) is 21.5. The van der Waals surface area contributed by atoms with E-state index in [0.717, 1.165) is 30.1 Å². The zero-order valence-corrected chi connectivity index (χ0v) is 13.1. The number of nitrogens with one attached hydrogen (secondary N) is 1. The van der Waals surface area contributed by atoms with Crippen LogP contribution in [0.25, 0.3) is 4.96 Å². The molecule has 0 saturated carbocycles. The first-order chi connectivity index (χ1) is 11.3. The molecular weight excluding hydrogens is 318 g/mol. The second-order valence-electron chi connectivity index (χ2n) is 5.33. The summed E-state index contributed by atoms with van der Waals surface area (Å²) in [6.45, 7) is 0.957. The maximum atomic E-state index is 12.0.